The van der Waals surface area contributed by atoms with E-state index in [1.807, 2.05) is 0 Å². The summed E-state index contributed by atoms with van der Waals surface area (Å²) in [5.41, 5.74) is 2.28. The highest BCUT2D eigenvalue weighted by molar-refractivity contribution is 6.01. The molecular formula is C20H19F2N5O2. The molecule has 0 bridgehead atoms. The molecule has 0 radical (unpaired) electrons. The van der Waals surface area contributed by atoms with Gasteiger partial charge in [0.25, 0.3) is 0 Å². The summed E-state index contributed by atoms with van der Waals surface area (Å²) in [6.07, 6.45) is 3.36. The first-order valence-corrected chi connectivity index (χ1v) is 8.63. The van der Waals surface area contributed by atoms with E-state index >= 15 is 0 Å². The lowest BCUT2D eigenvalue weighted by Gasteiger charge is -2.22. The number of aromatic amines is 1. The van der Waals surface area contributed by atoms with Gasteiger partial charge in [-0.3, -0.25) is 15.4 Å². The molecule has 3 N–H and O–H groups in total. The van der Waals surface area contributed by atoms with Crippen LogP contribution in [0.1, 0.15) is 12.5 Å². The molecule has 0 aliphatic carbocycles. The fraction of sp³-hybridized carbons (Fsp3) is 0.150. The maximum absolute atomic E-state index is 13.4. The number of carbonyl (C=O) groups excluding carboxylic acids is 1. The number of amides is 2. The Kier molecular flexibility index (Phi) is 5.87. The third-order valence-electron chi connectivity index (χ3n) is 4.18. The summed E-state index contributed by atoms with van der Waals surface area (Å²) in [4.78, 5) is 13.7. The van der Waals surface area contributed by atoms with Crippen LogP contribution in [0, 0.1) is 17.0 Å². The van der Waals surface area contributed by atoms with Crippen molar-refractivity contribution in [3.8, 4) is 16.9 Å². The quantitative estimate of drug-likeness (QED) is 0.439. The molecule has 9 heteroatoms. The minimum Gasteiger partial charge on any atom is -0.496 e. The Balaban J connectivity index is 1.80. The van der Waals surface area contributed by atoms with E-state index in [1.54, 1.807) is 30.6 Å². The number of ether oxygens (including phenoxy) is 1. The number of rotatable bonds is 5. The van der Waals surface area contributed by atoms with E-state index in [1.165, 1.54) is 14.0 Å². The molecule has 0 spiro atoms. The maximum atomic E-state index is 13.4. The third kappa shape index (κ3) is 4.75. The van der Waals surface area contributed by atoms with Gasteiger partial charge in [-0.1, -0.05) is 0 Å². The van der Waals surface area contributed by atoms with Gasteiger partial charge in [0, 0.05) is 35.1 Å². The molecule has 2 aromatic carbocycles. The molecule has 0 atom stereocenters. The fourth-order valence-electron chi connectivity index (χ4n) is 2.82. The molecule has 0 saturated heterocycles. The van der Waals surface area contributed by atoms with Gasteiger partial charge in [0.15, 0.2) is 0 Å². The number of nitrogens with zero attached hydrogens (tertiary/aromatic N) is 2. The lowest BCUT2D eigenvalue weighted by Crippen LogP contribution is -2.37. The van der Waals surface area contributed by atoms with Crippen LogP contribution in [0.5, 0.6) is 5.75 Å². The van der Waals surface area contributed by atoms with Gasteiger partial charge in [-0.05, 0) is 36.8 Å². The zero-order valence-corrected chi connectivity index (χ0v) is 15.8. The molecule has 3 aromatic rings. The topological polar surface area (TPSA) is 94.1 Å². The van der Waals surface area contributed by atoms with Gasteiger partial charge in [0.05, 0.1) is 19.9 Å². The summed E-state index contributed by atoms with van der Waals surface area (Å²) < 4.78 is 32.3. The van der Waals surface area contributed by atoms with E-state index in [0.717, 1.165) is 34.2 Å². The number of amidine groups is 1. The van der Waals surface area contributed by atoms with Crippen LogP contribution in [0.15, 0.2) is 48.8 Å². The Morgan fingerprint density at radius 1 is 1.24 bits per heavy atom. The Morgan fingerprint density at radius 2 is 1.97 bits per heavy atom. The van der Waals surface area contributed by atoms with Gasteiger partial charge >= 0.3 is 6.03 Å². The van der Waals surface area contributed by atoms with Crippen LogP contribution >= 0.6 is 0 Å². The van der Waals surface area contributed by atoms with Crippen LogP contribution < -0.4 is 10.1 Å². The predicted octanol–water partition coefficient (Wildman–Crippen LogP) is 4.39. The van der Waals surface area contributed by atoms with E-state index in [0.29, 0.717) is 11.4 Å². The number of anilines is 1. The number of hydrogen-bond donors (Lipinski definition) is 3. The van der Waals surface area contributed by atoms with E-state index in [-0.39, 0.29) is 17.9 Å². The van der Waals surface area contributed by atoms with Gasteiger partial charge < -0.3 is 10.1 Å². The van der Waals surface area contributed by atoms with Crippen molar-refractivity contribution in [1.29, 1.82) is 5.41 Å². The minimum atomic E-state index is -0.748. The van der Waals surface area contributed by atoms with Crippen molar-refractivity contribution in [2.45, 2.75) is 13.5 Å². The summed E-state index contributed by atoms with van der Waals surface area (Å²) >= 11 is 0. The number of urea groups is 1. The van der Waals surface area contributed by atoms with Crippen molar-refractivity contribution in [3.05, 3.63) is 66.0 Å². The molecule has 29 heavy (non-hydrogen) atoms. The fourth-order valence-corrected chi connectivity index (χ4v) is 2.82. The highest BCUT2D eigenvalue weighted by atomic mass is 19.1. The summed E-state index contributed by atoms with van der Waals surface area (Å²) in [6.45, 7) is 1.26. The Bertz CT molecular complexity index is 1020. The first kappa shape index (κ1) is 20.0. The molecule has 1 heterocycles. The van der Waals surface area contributed by atoms with Crippen molar-refractivity contribution in [2.24, 2.45) is 0 Å². The number of benzene rings is 2. The van der Waals surface area contributed by atoms with Crippen LogP contribution in [0.2, 0.25) is 0 Å². The maximum Gasteiger partial charge on any atom is 0.327 e. The number of hydrogen-bond acceptors (Lipinski definition) is 4. The second-order valence-corrected chi connectivity index (χ2v) is 6.28. The monoisotopic (exact) mass is 399 g/mol. The zero-order chi connectivity index (χ0) is 21.0. The Morgan fingerprint density at radius 3 is 2.55 bits per heavy atom. The summed E-state index contributed by atoms with van der Waals surface area (Å²) in [5, 5.41) is 17.2. The van der Waals surface area contributed by atoms with Gasteiger partial charge in [0.2, 0.25) is 0 Å². The number of H-pyrrole nitrogens is 1. The lowest BCUT2D eigenvalue weighted by molar-refractivity contribution is 0.232. The molecule has 0 aliphatic heterocycles. The average Bonchev–Trinajstić information content (AvgIpc) is 3.19. The van der Waals surface area contributed by atoms with Crippen molar-refractivity contribution >= 4 is 17.6 Å². The summed E-state index contributed by atoms with van der Waals surface area (Å²) in [7, 11) is 1.51. The summed E-state index contributed by atoms with van der Waals surface area (Å²) in [5.74, 6) is -1.05. The molecule has 2 amide bonds. The summed E-state index contributed by atoms with van der Waals surface area (Å²) in [6, 6.07) is 7.47. The number of nitrogens with one attached hydrogen (secondary N) is 3. The molecule has 150 valence electrons. The van der Waals surface area contributed by atoms with Gasteiger partial charge in [0.1, 0.15) is 23.2 Å². The standard InChI is InChI=1S/C20H19F2N5O2/c1-12(23)27(11-13-5-15(21)7-16(22)6-13)20(28)26-17-3-4-18(19(8-17)29-2)14-9-24-25-10-14/h3-10,23H,11H2,1-2H3,(H,24,25)(H,26,28). The van der Waals surface area contributed by atoms with E-state index in [4.69, 9.17) is 10.1 Å². The molecule has 3 rings (SSSR count). The molecule has 0 unspecified atom stereocenters. The number of aromatic nitrogens is 2. The smallest absolute Gasteiger partial charge is 0.327 e. The second kappa shape index (κ2) is 8.51. The SMILES string of the molecule is COc1cc(NC(=O)N(Cc2cc(F)cc(F)c2)C(C)=N)ccc1-c1cn[nH]c1. The van der Waals surface area contributed by atoms with Crippen LogP contribution in [0.4, 0.5) is 19.3 Å². The third-order valence-corrected chi connectivity index (χ3v) is 4.18. The van der Waals surface area contributed by atoms with E-state index in [9.17, 15) is 13.6 Å². The molecule has 0 aliphatic rings. The zero-order valence-electron chi connectivity index (χ0n) is 15.8. The predicted molar refractivity (Wildman–Crippen MR) is 105 cm³/mol. The average molecular weight is 399 g/mol. The van der Waals surface area contributed by atoms with E-state index < -0.39 is 17.7 Å². The molecule has 7 nitrogen and oxygen atoms in total. The molecule has 1 aromatic heterocycles. The Labute approximate surface area is 165 Å². The van der Waals surface area contributed by atoms with Gasteiger partial charge in [-0.25, -0.2) is 13.6 Å². The van der Waals surface area contributed by atoms with Gasteiger partial charge in [-0.2, -0.15) is 5.10 Å². The van der Waals surface area contributed by atoms with Crippen molar-refractivity contribution < 1.29 is 18.3 Å². The minimum absolute atomic E-state index is 0.0749. The van der Waals surface area contributed by atoms with Crippen LogP contribution in [-0.2, 0) is 6.54 Å². The van der Waals surface area contributed by atoms with Crippen LogP contribution in [-0.4, -0.2) is 34.1 Å². The van der Waals surface area contributed by atoms with Crippen LogP contribution in [0.3, 0.4) is 0 Å². The van der Waals surface area contributed by atoms with Crippen molar-refractivity contribution in [2.75, 3.05) is 12.4 Å². The molecular weight excluding hydrogens is 380 g/mol. The lowest BCUT2D eigenvalue weighted by atomic mass is 10.1. The normalized spacial score (nSPS) is 10.5. The Hall–Kier alpha value is -3.75. The van der Waals surface area contributed by atoms with Crippen molar-refractivity contribution in [3.63, 3.8) is 0 Å². The number of carbonyl (C=O) groups is 1. The first-order valence-electron chi connectivity index (χ1n) is 8.63. The van der Waals surface area contributed by atoms with Gasteiger partial charge in [-0.15, -0.1) is 0 Å². The highest BCUT2D eigenvalue weighted by Gasteiger charge is 2.18. The second-order valence-electron chi connectivity index (χ2n) is 6.28. The van der Waals surface area contributed by atoms with Crippen molar-refractivity contribution in [1.82, 2.24) is 15.1 Å². The van der Waals surface area contributed by atoms with Crippen LogP contribution in [0.25, 0.3) is 11.1 Å². The first-order chi connectivity index (χ1) is 13.9. The number of halogens is 2. The largest absolute Gasteiger partial charge is 0.496 e. The number of methoxy groups -OCH3 is 1. The highest BCUT2D eigenvalue weighted by Crippen LogP contribution is 2.32. The molecule has 0 saturated carbocycles. The van der Waals surface area contributed by atoms with E-state index in [2.05, 4.69) is 15.5 Å². The molecule has 0 fully saturated rings.